The van der Waals surface area contributed by atoms with Gasteiger partial charge >= 0.3 is 6.09 Å². The molecule has 1 rings (SSSR count). The maximum absolute atomic E-state index is 11.9. The van der Waals surface area contributed by atoms with E-state index in [1.54, 1.807) is 4.90 Å². The Balaban J connectivity index is 2.57. The van der Waals surface area contributed by atoms with Crippen LogP contribution in [0, 0.1) is 17.2 Å². The normalized spacial score (nSPS) is 17.4. The summed E-state index contributed by atoms with van der Waals surface area (Å²) in [4.78, 5) is 13.6. The van der Waals surface area contributed by atoms with E-state index in [1.807, 2.05) is 27.7 Å². The van der Waals surface area contributed by atoms with Crippen LogP contribution >= 0.6 is 0 Å². The van der Waals surface area contributed by atoms with Crippen LogP contribution in [0.25, 0.3) is 0 Å². The third kappa shape index (κ3) is 4.09. The van der Waals surface area contributed by atoms with Crippen molar-refractivity contribution < 1.29 is 9.53 Å². The fourth-order valence-corrected chi connectivity index (χ4v) is 1.42. The molecule has 1 saturated carbocycles. The van der Waals surface area contributed by atoms with Crippen molar-refractivity contribution >= 4 is 6.09 Å². The number of nitrogens with zero attached hydrogens (tertiary/aromatic N) is 2. The Morgan fingerprint density at radius 1 is 1.56 bits per heavy atom. The van der Waals surface area contributed by atoms with E-state index in [1.165, 1.54) is 0 Å². The van der Waals surface area contributed by atoms with E-state index >= 15 is 0 Å². The summed E-state index contributed by atoms with van der Waals surface area (Å²) in [6, 6.07) is 2.43. The maximum atomic E-state index is 11.9. The molecular weight excluding hydrogens is 204 g/mol. The van der Waals surface area contributed by atoms with Crippen LogP contribution in [0.1, 0.15) is 40.5 Å². The number of amides is 1. The van der Waals surface area contributed by atoms with Gasteiger partial charge in [-0.15, -0.1) is 0 Å². The Kier molecular flexibility index (Phi) is 3.79. The predicted octanol–water partition coefficient (Wildman–Crippen LogP) is 2.55. The minimum absolute atomic E-state index is 0.145. The number of hydrogen-bond acceptors (Lipinski definition) is 3. The average molecular weight is 224 g/mol. The van der Waals surface area contributed by atoms with Crippen molar-refractivity contribution in [2.45, 2.75) is 52.2 Å². The molecule has 0 radical (unpaired) electrons. The third-order valence-corrected chi connectivity index (χ3v) is 2.31. The highest BCUT2D eigenvalue weighted by Gasteiger charge is 2.35. The lowest BCUT2D eigenvalue weighted by molar-refractivity contribution is 0.0219. The van der Waals surface area contributed by atoms with Crippen LogP contribution in [-0.4, -0.2) is 29.2 Å². The van der Waals surface area contributed by atoms with Crippen molar-refractivity contribution in [3.8, 4) is 6.07 Å². The number of rotatable bonds is 3. The van der Waals surface area contributed by atoms with E-state index in [0.717, 1.165) is 12.8 Å². The van der Waals surface area contributed by atoms with Gasteiger partial charge in [0.05, 0.1) is 12.0 Å². The second-order valence-corrected chi connectivity index (χ2v) is 5.39. The summed E-state index contributed by atoms with van der Waals surface area (Å²) in [5, 5.41) is 8.77. The first kappa shape index (κ1) is 12.8. The van der Waals surface area contributed by atoms with Crippen LogP contribution in [-0.2, 0) is 4.74 Å². The monoisotopic (exact) mass is 224 g/mol. The summed E-state index contributed by atoms with van der Waals surface area (Å²) < 4.78 is 5.32. The van der Waals surface area contributed by atoms with Crippen molar-refractivity contribution in [2.75, 3.05) is 6.54 Å². The Bertz CT molecular complexity index is 297. The number of ether oxygens (including phenoxy) is 1. The standard InChI is InChI=1S/C12H20N2O2/c1-9(7-13)8-14(10-5-6-10)11(15)16-12(2,3)4/h9-10H,5-6,8H2,1-4H3. The first-order chi connectivity index (χ1) is 7.33. The minimum Gasteiger partial charge on any atom is -0.444 e. The Hall–Kier alpha value is -1.24. The van der Waals surface area contributed by atoms with Gasteiger partial charge in [0.1, 0.15) is 5.60 Å². The molecule has 0 aliphatic heterocycles. The molecule has 0 aromatic rings. The highest BCUT2D eigenvalue weighted by Crippen LogP contribution is 2.29. The third-order valence-electron chi connectivity index (χ3n) is 2.31. The zero-order chi connectivity index (χ0) is 12.3. The molecule has 1 aliphatic carbocycles. The fraction of sp³-hybridized carbons (Fsp3) is 0.833. The van der Waals surface area contributed by atoms with E-state index in [9.17, 15) is 4.79 Å². The molecule has 0 aromatic carbocycles. The molecule has 16 heavy (non-hydrogen) atoms. The van der Waals surface area contributed by atoms with Gasteiger partial charge in [0.25, 0.3) is 0 Å². The first-order valence-electron chi connectivity index (χ1n) is 5.72. The maximum Gasteiger partial charge on any atom is 0.410 e. The van der Waals surface area contributed by atoms with Crippen LogP contribution < -0.4 is 0 Å². The van der Waals surface area contributed by atoms with E-state index < -0.39 is 5.60 Å². The summed E-state index contributed by atoms with van der Waals surface area (Å²) in [5.41, 5.74) is -0.472. The molecule has 0 spiro atoms. The fourth-order valence-electron chi connectivity index (χ4n) is 1.42. The molecule has 1 amide bonds. The number of carbonyl (C=O) groups excluding carboxylic acids is 1. The highest BCUT2D eigenvalue weighted by atomic mass is 16.6. The van der Waals surface area contributed by atoms with Gasteiger partial charge in [-0.1, -0.05) is 0 Å². The average Bonchev–Trinajstić information content (AvgIpc) is 2.93. The summed E-state index contributed by atoms with van der Waals surface area (Å²) in [6.07, 6.45) is 1.76. The van der Waals surface area contributed by atoms with Gasteiger partial charge in [-0.05, 0) is 40.5 Å². The second-order valence-electron chi connectivity index (χ2n) is 5.39. The van der Waals surface area contributed by atoms with Crippen molar-refractivity contribution in [3.63, 3.8) is 0 Å². The van der Waals surface area contributed by atoms with Gasteiger partial charge in [-0.2, -0.15) is 5.26 Å². The van der Waals surface area contributed by atoms with Gasteiger partial charge in [-0.25, -0.2) is 4.79 Å². The molecule has 0 saturated heterocycles. The number of carbonyl (C=O) groups is 1. The SMILES string of the molecule is CC(C#N)CN(C(=O)OC(C)(C)C)C1CC1. The van der Waals surface area contributed by atoms with Gasteiger partial charge in [0, 0.05) is 12.6 Å². The van der Waals surface area contributed by atoms with Crippen molar-refractivity contribution in [2.24, 2.45) is 5.92 Å². The Morgan fingerprint density at radius 3 is 2.50 bits per heavy atom. The zero-order valence-electron chi connectivity index (χ0n) is 10.5. The summed E-state index contributed by atoms with van der Waals surface area (Å²) in [7, 11) is 0. The van der Waals surface area contributed by atoms with Crippen molar-refractivity contribution in [3.05, 3.63) is 0 Å². The van der Waals surface area contributed by atoms with E-state index in [2.05, 4.69) is 6.07 Å². The molecule has 4 heteroatoms. The van der Waals surface area contributed by atoms with Gasteiger partial charge < -0.3 is 9.64 Å². The van der Waals surface area contributed by atoms with Crippen LogP contribution in [0.3, 0.4) is 0 Å². The quantitative estimate of drug-likeness (QED) is 0.740. The van der Waals surface area contributed by atoms with Crippen LogP contribution in [0.2, 0.25) is 0 Å². The molecule has 4 nitrogen and oxygen atoms in total. The molecule has 0 N–H and O–H groups in total. The van der Waals surface area contributed by atoms with Gasteiger partial charge in [0.2, 0.25) is 0 Å². The number of nitriles is 1. The summed E-state index contributed by atoms with van der Waals surface area (Å²) in [6.45, 7) is 7.84. The zero-order valence-corrected chi connectivity index (χ0v) is 10.5. The van der Waals surface area contributed by atoms with E-state index in [4.69, 9.17) is 10.00 Å². The molecule has 0 heterocycles. The van der Waals surface area contributed by atoms with Crippen molar-refractivity contribution in [1.29, 1.82) is 5.26 Å². The molecule has 1 unspecified atom stereocenters. The van der Waals surface area contributed by atoms with Crippen LogP contribution in [0.4, 0.5) is 4.79 Å². The molecular formula is C12H20N2O2. The van der Waals surface area contributed by atoms with E-state index in [-0.39, 0.29) is 18.1 Å². The highest BCUT2D eigenvalue weighted by molar-refractivity contribution is 5.69. The van der Waals surface area contributed by atoms with Gasteiger partial charge in [0.15, 0.2) is 0 Å². The molecule has 1 aliphatic rings. The lowest BCUT2D eigenvalue weighted by Crippen LogP contribution is -2.40. The topological polar surface area (TPSA) is 53.3 Å². The Morgan fingerprint density at radius 2 is 2.12 bits per heavy atom. The lowest BCUT2D eigenvalue weighted by atomic mass is 10.2. The summed E-state index contributed by atoms with van der Waals surface area (Å²) >= 11 is 0. The van der Waals surface area contributed by atoms with Crippen molar-refractivity contribution in [1.82, 2.24) is 4.90 Å². The molecule has 1 atom stereocenters. The lowest BCUT2D eigenvalue weighted by Gasteiger charge is -2.28. The minimum atomic E-state index is -0.472. The first-order valence-corrected chi connectivity index (χ1v) is 5.72. The largest absolute Gasteiger partial charge is 0.444 e. The molecule has 1 fully saturated rings. The van der Waals surface area contributed by atoms with Crippen LogP contribution in [0.15, 0.2) is 0 Å². The molecule has 0 aromatic heterocycles. The predicted molar refractivity (Wildman–Crippen MR) is 60.7 cm³/mol. The molecule has 90 valence electrons. The summed E-state index contributed by atoms with van der Waals surface area (Å²) in [5.74, 6) is -0.145. The van der Waals surface area contributed by atoms with E-state index in [0.29, 0.717) is 6.54 Å². The smallest absolute Gasteiger partial charge is 0.410 e. The number of hydrogen-bond donors (Lipinski definition) is 0. The molecule has 0 bridgehead atoms. The second kappa shape index (κ2) is 4.73. The Labute approximate surface area is 97.2 Å². The van der Waals surface area contributed by atoms with Crippen LogP contribution in [0.5, 0.6) is 0 Å². The van der Waals surface area contributed by atoms with Gasteiger partial charge in [-0.3, -0.25) is 0 Å².